The monoisotopic (exact) mass is 196 g/mol. The van der Waals surface area contributed by atoms with Gasteiger partial charge in [0, 0.05) is 12.1 Å². The minimum atomic E-state index is 0.0924. The van der Waals surface area contributed by atoms with E-state index in [1.54, 1.807) is 0 Å². The molecule has 1 N–H and O–H groups in total. The van der Waals surface area contributed by atoms with Crippen LogP contribution in [-0.2, 0) is 4.79 Å². The van der Waals surface area contributed by atoms with Crippen LogP contribution in [0.2, 0.25) is 0 Å². The standard InChI is InChI=1S/C11H20N2O/c1-2-3-4-5-6-9-12-13-11(14)10-7-8-10/h9-10H,2-8H2,1H3,(H,13,14). The van der Waals surface area contributed by atoms with Gasteiger partial charge in [-0.3, -0.25) is 4.79 Å². The zero-order valence-electron chi connectivity index (χ0n) is 8.96. The normalized spacial score (nSPS) is 16.1. The molecule has 0 saturated heterocycles. The number of amides is 1. The van der Waals surface area contributed by atoms with E-state index in [1.165, 1.54) is 25.7 Å². The summed E-state index contributed by atoms with van der Waals surface area (Å²) in [5.74, 6) is 0.349. The number of rotatable bonds is 7. The highest BCUT2D eigenvalue weighted by Gasteiger charge is 2.29. The van der Waals surface area contributed by atoms with Gasteiger partial charge >= 0.3 is 0 Å². The maximum absolute atomic E-state index is 11.1. The SMILES string of the molecule is CCCCCCC=NNC(=O)C1CC1. The summed E-state index contributed by atoms with van der Waals surface area (Å²) in [7, 11) is 0. The van der Waals surface area contributed by atoms with Gasteiger partial charge in [0.15, 0.2) is 0 Å². The summed E-state index contributed by atoms with van der Waals surface area (Å²) in [5.41, 5.74) is 2.57. The van der Waals surface area contributed by atoms with Gasteiger partial charge in [-0.15, -0.1) is 0 Å². The maximum Gasteiger partial charge on any atom is 0.243 e. The van der Waals surface area contributed by atoms with Gasteiger partial charge in [-0.1, -0.05) is 26.2 Å². The molecular formula is C11H20N2O. The molecule has 1 aliphatic rings. The Morgan fingerprint density at radius 1 is 1.43 bits per heavy atom. The van der Waals surface area contributed by atoms with E-state index in [0.29, 0.717) is 0 Å². The van der Waals surface area contributed by atoms with E-state index < -0.39 is 0 Å². The first-order chi connectivity index (χ1) is 6.84. The Labute approximate surface area is 86.0 Å². The van der Waals surface area contributed by atoms with Crippen LogP contribution in [0.25, 0.3) is 0 Å². The summed E-state index contributed by atoms with van der Waals surface area (Å²) in [6.07, 6.45) is 9.87. The van der Waals surface area contributed by atoms with Crippen molar-refractivity contribution in [2.24, 2.45) is 11.0 Å². The highest BCUT2D eigenvalue weighted by Crippen LogP contribution is 2.28. The average Bonchev–Trinajstić information content (AvgIpc) is 2.99. The molecule has 1 rings (SSSR count). The van der Waals surface area contributed by atoms with Crippen molar-refractivity contribution in [2.75, 3.05) is 0 Å². The Morgan fingerprint density at radius 2 is 2.21 bits per heavy atom. The molecule has 3 heteroatoms. The molecule has 3 nitrogen and oxygen atoms in total. The number of hydrogen-bond acceptors (Lipinski definition) is 2. The molecule has 0 heterocycles. The molecule has 0 aromatic heterocycles. The second kappa shape index (κ2) is 6.57. The first-order valence-electron chi connectivity index (χ1n) is 5.66. The van der Waals surface area contributed by atoms with Crippen LogP contribution in [0.4, 0.5) is 0 Å². The van der Waals surface area contributed by atoms with Crippen LogP contribution in [0.3, 0.4) is 0 Å². The van der Waals surface area contributed by atoms with E-state index in [9.17, 15) is 4.79 Å². The molecule has 14 heavy (non-hydrogen) atoms. The van der Waals surface area contributed by atoms with Crippen LogP contribution in [0, 0.1) is 5.92 Å². The topological polar surface area (TPSA) is 41.5 Å². The molecule has 80 valence electrons. The first-order valence-corrected chi connectivity index (χ1v) is 5.66. The second-order valence-electron chi connectivity index (χ2n) is 3.91. The molecule has 1 saturated carbocycles. The molecule has 0 radical (unpaired) electrons. The van der Waals surface area contributed by atoms with E-state index in [0.717, 1.165) is 19.3 Å². The Bertz CT molecular complexity index is 197. The summed E-state index contributed by atoms with van der Waals surface area (Å²) in [6.45, 7) is 2.20. The third-order valence-corrected chi connectivity index (χ3v) is 2.40. The zero-order valence-corrected chi connectivity index (χ0v) is 8.96. The van der Waals surface area contributed by atoms with E-state index >= 15 is 0 Å². The van der Waals surface area contributed by atoms with Gasteiger partial charge in [-0.25, -0.2) is 5.43 Å². The smallest absolute Gasteiger partial charge is 0.243 e. The summed E-state index contributed by atoms with van der Waals surface area (Å²) in [5, 5.41) is 3.91. The Morgan fingerprint density at radius 3 is 2.86 bits per heavy atom. The molecule has 0 spiro atoms. The van der Waals surface area contributed by atoms with E-state index in [1.807, 2.05) is 6.21 Å². The van der Waals surface area contributed by atoms with Crippen LogP contribution in [-0.4, -0.2) is 12.1 Å². The number of carbonyl (C=O) groups excluding carboxylic acids is 1. The molecule has 0 atom stereocenters. The van der Waals surface area contributed by atoms with Crippen molar-refractivity contribution < 1.29 is 4.79 Å². The molecule has 0 unspecified atom stereocenters. The molecule has 1 fully saturated rings. The number of carbonyl (C=O) groups is 1. The van der Waals surface area contributed by atoms with Gasteiger partial charge in [0.1, 0.15) is 0 Å². The van der Waals surface area contributed by atoms with Crippen LogP contribution in [0.15, 0.2) is 5.10 Å². The fourth-order valence-electron chi connectivity index (χ4n) is 1.27. The van der Waals surface area contributed by atoms with Gasteiger partial charge in [-0.05, 0) is 25.7 Å². The van der Waals surface area contributed by atoms with Crippen LogP contribution in [0.1, 0.15) is 51.9 Å². The zero-order chi connectivity index (χ0) is 10.2. The van der Waals surface area contributed by atoms with Crippen molar-refractivity contribution >= 4 is 12.1 Å². The quantitative estimate of drug-likeness (QED) is 0.379. The van der Waals surface area contributed by atoms with Crippen molar-refractivity contribution in [3.63, 3.8) is 0 Å². The lowest BCUT2D eigenvalue weighted by Crippen LogP contribution is -2.18. The molecule has 0 aliphatic heterocycles. The summed E-state index contributed by atoms with van der Waals surface area (Å²) >= 11 is 0. The molecule has 0 aromatic rings. The first kappa shape index (κ1) is 11.2. The van der Waals surface area contributed by atoms with E-state index in [-0.39, 0.29) is 11.8 Å². The van der Waals surface area contributed by atoms with Crippen molar-refractivity contribution in [2.45, 2.75) is 51.9 Å². The predicted molar refractivity (Wildman–Crippen MR) is 58.1 cm³/mol. The fourth-order valence-corrected chi connectivity index (χ4v) is 1.27. The number of unbranched alkanes of at least 4 members (excludes halogenated alkanes) is 4. The lowest BCUT2D eigenvalue weighted by Gasteiger charge is -1.96. The Balaban J connectivity index is 1.89. The minimum Gasteiger partial charge on any atom is -0.273 e. The second-order valence-corrected chi connectivity index (χ2v) is 3.91. The lowest BCUT2D eigenvalue weighted by molar-refractivity contribution is -0.122. The van der Waals surface area contributed by atoms with Crippen molar-refractivity contribution in [1.29, 1.82) is 0 Å². The molecule has 1 amide bonds. The highest BCUT2D eigenvalue weighted by molar-refractivity contribution is 5.81. The fraction of sp³-hybridized carbons (Fsp3) is 0.818. The van der Waals surface area contributed by atoms with Gasteiger partial charge in [0.25, 0.3) is 0 Å². The number of nitrogens with one attached hydrogen (secondary N) is 1. The van der Waals surface area contributed by atoms with Gasteiger partial charge in [0.2, 0.25) is 5.91 Å². The van der Waals surface area contributed by atoms with Crippen molar-refractivity contribution in [3.8, 4) is 0 Å². The number of hydrogen-bond donors (Lipinski definition) is 1. The highest BCUT2D eigenvalue weighted by atomic mass is 16.2. The third-order valence-electron chi connectivity index (χ3n) is 2.40. The molecule has 1 aliphatic carbocycles. The minimum absolute atomic E-state index is 0.0924. The van der Waals surface area contributed by atoms with E-state index in [2.05, 4.69) is 17.5 Å². The Hall–Kier alpha value is -0.860. The Kier molecular flexibility index (Phi) is 5.27. The summed E-state index contributed by atoms with van der Waals surface area (Å²) < 4.78 is 0. The van der Waals surface area contributed by atoms with Crippen molar-refractivity contribution in [1.82, 2.24) is 5.43 Å². The summed E-state index contributed by atoms with van der Waals surface area (Å²) in [4.78, 5) is 11.1. The predicted octanol–water partition coefficient (Wildman–Crippen LogP) is 2.47. The van der Waals surface area contributed by atoms with Gasteiger partial charge in [0.05, 0.1) is 0 Å². The van der Waals surface area contributed by atoms with Crippen LogP contribution >= 0.6 is 0 Å². The van der Waals surface area contributed by atoms with Gasteiger partial charge < -0.3 is 0 Å². The van der Waals surface area contributed by atoms with Gasteiger partial charge in [-0.2, -0.15) is 5.10 Å². The third kappa shape index (κ3) is 5.00. The lowest BCUT2D eigenvalue weighted by atomic mass is 10.2. The maximum atomic E-state index is 11.1. The largest absolute Gasteiger partial charge is 0.273 e. The van der Waals surface area contributed by atoms with E-state index in [4.69, 9.17) is 0 Å². The summed E-state index contributed by atoms with van der Waals surface area (Å²) in [6, 6.07) is 0. The molecule has 0 aromatic carbocycles. The average molecular weight is 196 g/mol. The molecular weight excluding hydrogens is 176 g/mol. The van der Waals surface area contributed by atoms with Crippen molar-refractivity contribution in [3.05, 3.63) is 0 Å². The molecule has 0 bridgehead atoms. The number of hydrazone groups is 1. The van der Waals surface area contributed by atoms with Crippen LogP contribution < -0.4 is 5.43 Å². The van der Waals surface area contributed by atoms with Crippen LogP contribution in [0.5, 0.6) is 0 Å². The number of nitrogens with zero attached hydrogens (tertiary/aromatic N) is 1.